The molecule has 3 saturated carbocycles. The van der Waals surface area contributed by atoms with Gasteiger partial charge in [-0.2, -0.15) is 0 Å². The van der Waals surface area contributed by atoms with Crippen LogP contribution in [0.4, 0.5) is 8.78 Å². The van der Waals surface area contributed by atoms with Gasteiger partial charge in [-0.1, -0.05) is 11.6 Å². The molecule has 33 heavy (non-hydrogen) atoms. The minimum absolute atomic E-state index is 0.00861. The fraction of sp³-hybridized carbons (Fsp3) is 0.480. The van der Waals surface area contributed by atoms with Gasteiger partial charge < -0.3 is 10.6 Å². The van der Waals surface area contributed by atoms with Crippen molar-refractivity contribution in [2.75, 3.05) is 0 Å². The van der Waals surface area contributed by atoms with E-state index < -0.39 is 35.0 Å². The summed E-state index contributed by atoms with van der Waals surface area (Å²) in [5, 5.41) is -0.272. The van der Waals surface area contributed by atoms with Crippen LogP contribution in [0.3, 0.4) is 0 Å². The van der Waals surface area contributed by atoms with Crippen molar-refractivity contribution in [3.8, 4) is 0 Å². The molecule has 2 heterocycles. The number of halogens is 3. The first-order chi connectivity index (χ1) is 15.8. The number of nitrogens with zero attached hydrogens (tertiary/aromatic N) is 2. The Balaban J connectivity index is 1.45. The highest BCUT2D eigenvalue weighted by Crippen LogP contribution is 2.69. The first kappa shape index (κ1) is 21.0. The number of piperidine rings is 1. The van der Waals surface area contributed by atoms with Gasteiger partial charge in [-0.3, -0.25) is 14.6 Å². The topological polar surface area (TPSA) is 76.3 Å². The Morgan fingerprint density at radius 1 is 1.15 bits per heavy atom. The quantitative estimate of drug-likeness (QED) is 0.628. The van der Waals surface area contributed by atoms with Gasteiger partial charge in [0.15, 0.2) is 0 Å². The second kappa shape index (κ2) is 7.23. The highest BCUT2D eigenvalue weighted by Gasteiger charge is 2.73. The summed E-state index contributed by atoms with van der Waals surface area (Å²) in [7, 11) is 0. The number of benzene rings is 1. The first-order valence-electron chi connectivity index (χ1n) is 11.5. The third kappa shape index (κ3) is 3.27. The van der Waals surface area contributed by atoms with E-state index >= 15 is 4.39 Å². The number of rotatable bonds is 6. The van der Waals surface area contributed by atoms with E-state index in [0.717, 1.165) is 43.4 Å². The van der Waals surface area contributed by atoms with E-state index in [1.165, 1.54) is 0 Å². The summed E-state index contributed by atoms with van der Waals surface area (Å²) in [6.45, 7) is 0. The molecule has 2 N–H and O–H groups in total. The summed E-state index contributed by atoms with van der Waals surface area (Å²) in [6, 6.07) is 5.10. The Hall–Kier alpha value is -2.54. The fourth-order valence-electron chi connectivity index (χ4n) is 6.18. The molecule has 4 aliphatic rings. The van der Waals surface area contributed by atoms with E-state index in [2.05, 4.69) is 4.98 Å². The third-order valence-electron chi connectivity index (χ3n) is 7.99. The van der Waals surface area contributed by atoms with Gasteiger partial charge in [-0.05, 0) is 91.7 Å². The van der Waals surface area contributed by atoms with Gasteiger partial charge in [0.2, 0.25) is 5.91 Å². The number of aromatic nitrogens is 1. The number of hydrogen-bond donors (Lipinski definition) is 1. The predicted molar refractivity (Wildman–Crippen MR) is 118 cm³/mol. The minimum atomic E-state index is -0.788. The van der Waals surface area contributed by atoms with Crippen LogP contribution in [0.15, 0.2) is 30.5 Å². The van der Waals surface area contributed by atoms with Crippen molar-refractivity contribution in [1.82, 2.24) is 9.88 Å². The lowest BCUT2D eigenvalue weighted by Gasteiger charge is -2.38. The number of amides is 2. The van der Waals surface area contributed by atoms with Gasteiger partial charge >= 0.3 is 0 Å². The van der Waals surface area contributed by atoms with E-state index in [-0.39, 0.29) is 34.0 Å². The molecule has 8 heteroatoms. The molecule has 2 aromatic rings. The molecule has 1 aromatic heterocycles. The van der Waals surface area contributed by atoms with Crippen molar-refractivity contribution in [2.24, 2.45) is 17.6 Å². The lowest BCUT2D eigenvalue weighted by molar-refractivity contribution is -0.122. The molecule has 0 radical (unpaired) electrons. The molecule has 0 bridgehead atoms. The van der Waals surface area contributed by atoms with Crippen LogP contribution < -0.4 is 5.73 Å². The normalized spacial score (nSPS) is 29.0. The molecule has 172 valence electrons. The van der Waals surface area contributed by atoms with E-state index in [9.17, 15) is 14.0 Å². The maximum Gasteiger partial charge on any atom is 0.273 e. The van der Waals surface area contributed by atoms with Gasteiger partial charge in [0.1, 0.15) is 23.4 Å². The Morgan fingerprint density at radius 3 is 2.58 bits per heavy atom. The molecule has 1 saturated heterocycles. The molecular weight excluding hydrogens is 448 g/mol. The van der Waals surface area contributed by atoms with Crippen LogP contribution in [0, 0.1) is 23.5 Å². The number of hydrogen-bond acceptors (Lipinski definition) is 3. The van der Waals surface area contributed by atoms with Gasteiger partial charge in [0.25, 0.3) is 5.91 Å². The van der Waals surface area contributed by atoms with Crippen molar-refractivity contribution in [2.45, 2.75) is 61.9 Å². The van der Waals surface area contributed by atoms with Crippen LogP contribution in [0.1, 0.15) is 72.0 Å². The number of pyridine rings is 1. The molecule has 5 nitrogen and oxygen atoms in total. The summed E-state index contributed by atoms with van der Waals surface area (Å²) in [6.07, 6.45) is 6.59. The average Bonchev–Trinajstić information content (AvgIpc) is 3.66. The molecule has 3 unspecified atom stereocenters. The lowest BCUT2D eigenvalue weighted by atomic mass is 9.82. The van der Waals surface area contributed by atoms with Crippen LogP contribution in [0.2, 0.25) is 5.02 Å². The van der Waals surface area contributed by atoms with Crippen molar-refractivity contribution in [3.63, 3.8) is 0 Å². The SMILES string of the molecule is NC(=O)C1CC2CC2([C@@H](c2cc(F)c(Cl)cc2F)C2CC2)N1C(=O)c1cc(C2CC2)ccn1. The van der Waals surface area contributed by atoms with E-state index in [1.54, 1.807) is 17.2 Å². The molecule has 1 aliphatic heterocycles. The highest BCUT2D eigenvalue weighted by atomic mass is 35.5. The average molecular weight is 472 g/mol. The Bertz CT molecular complexity index is 1180. The molecule has 4 fully saturated rings. The van der Waals surface area contributed by atoms with Gasteiger partial charge in [-0.25, -0.2) is 8.78 Å². The van der Waals surface area contributed by atoms with Crippen LogP contribution in [0.5, 0.6) is 0 Å². The standard InChI is InChI=1S/C25H24ClF2N3O2/c26-17-10-18(27)16(9-19(17)28)22(13-3-4-13)25-11-15(25)8-21(23(29)32)31(25)24(33)20-7-14(5-6-30-20)12-1-2-12/h5-7,9-10,12-13,15,21-22H,1-4,8,11H2,(H2,29,32)/t15?,21?,22-,25?/m1/s1. The second-order valence-corrected chi connectivity index (χ2v) is 10.5. The Kier molecular flexibility index (Phi) is 4.60. The summed E-state index contributed by atoms with van der Waals surface area (Å²) in [5.74, 6) is -2.07. The van der Waals surface area contributed by atoms with Gasteiger partial charge in [-0.15, -0.1) is 0 Å². The van der Waals surface area contributed by atoms with Crippen LogP contribution >= 0.6 is 11.6 Å². The van der Waals surface area contributed by atoms with E-state index in [1.807, 2.05) is 6.07 Å². The number of nitrogens with two attached hydrogens (primary N) is 1. The monoisotopic (exact) mass is 471 g/mol. The number of likely N-dealkylation sites (tertiary alicyclic amines) is 1. The van der Waals surface area contributed by atoms with Crippen molar-refractivity contribution >= 4 is 23.4 Å². The summed E-state index contributed by atoms with van der Waals surface area (Å²) >= 11 is 5.81. The summed E-state index contributed by atoms with van der Waals surface area (Å²) in [5.41, 5.74) is 6.53. The molecular formula is C25H24ClF2N3O2. The first-order valence-corrected chi connectivity index (χ1v) is 11.9. The zero-order chi connectivity index (χ0) is 23.1. The van der Waals surface area contributed by atoms with Crippen LogP contribution in [-0.4, -0.2) is 33.3 Å². The van der Waals surface area contributed by atoms with E-state index in [0.29, 0.717) is 18.8 Å². The van der Waals surface area contributed by atoms with E-state index in [4.69, 9.17) is 17.3 Å². The van der Waals surface area contributed by atoms with Crippen molar-refractivity contribution in [1.29, 1.82) is 0 Å². The minimum Gasteiger partial charge on any atom is -0.368 e. The second-order valence-electron chi connectivity index (χ2n) is 10.1. The Morgan fingerprint density at radius 2 is 1.91 bits per heavy atom. The smallest absolute Gasteiger partial charge is 0.273 e. The molecule has 6 rings (SSSR count). The van der Waals surface area contributed by atoms with Crippen LogP contribution in [-0.2, 0) is 4.79 Å². The molecule has 1 aromatic carbocycles. The highest BCUT2D eigenvalue weighted by molar-refractivity contribution is 6.30. The number of carbonyl (C=O) groups excluding carboxylic acids is 2. The molecule has 3 aliphatic carbocycles. The number of primary amides is 1. The number of carbonyl (C=O) groups is 2. The van der Waals surface area contributed by atoms with Gasteiger partial charge in [0.05, 0.1) is 10.6 Å². The van der Waals surface area contributed by atoms with Crippen molar-refractivity contribution < 1.29 is 18.4 Å². The number of fused-ring (bicyclic) bond motifs is 1. The maximum absolute atomic E-state index is 15.1. The van der Waals surface area contributed by atoms with Gasteiger partial charge in [0, 0.05) is 12.1 Å². The molecule has 0 spiro atoms. The largest absolute Gasteiger partial charge is 0.368 e. The Labute approximate surface area is 195 Å². The maximum atomic E-state index is 15.1. The molecule has 4 atom stereocenters. The molecule has 2 amide bonds. The predicted octanol–water partition coefficient (Wildman–Crippen LogP) is 4.54. The third-order valence-corrected chi connectivity index (χ3v) is 8.28. The lowest BCUT2D eigenvalue weighted by Crippen LogP contribution is -2.53. The summed E-state index contributed by atoms with van der Waals surface area (Å²) in [4.78, 5) is 32.1. The van der Waals surface area contributed by atoms with Crippen molar-refractivity contribution in [3.05, 3.63) is 63.9 Å². The fourth-order valence-corrected chi connectivity index (χ4v) is 6.33. The zero-order valence-electron chi connectivity index (χ0n) is 17.9. The van der Waals surface area contributed by atoms with Crippen LogP contribution in [0.25, 0.3) is 0 Å². The summed E-state index contributed by atoms with van der Waals surface area (Å²) < 4.78 is 29.5. The zero-order valence-corrected chi connectivity index (χ0v) is 18.7.